The van der Waals surface area contributed by atoms with E-state index in [9.17, 15) is 5.11 Å². The summed E-state index contributed by atoms with van der Waals surface area (Å²) in [6, 6.07) is 8.07. The lowest BCUT2D eigenvalue weighted by molar-refractivity contribution is 0.133. The van der Waals surface area contributed by atoms with Gasteiger partial charge in [0.05, 0.1) is 17.3 Å². The molecule has 0 amide bonds. The van der Waals surface area contributed by atoms with Crippen LogP contribution in [0.25, 0.3) is 10.9 Å². The molecule has 3 atom stereocenters. The van der Waals surface area contributed by atoms with Crippen LogP contribution in [0, 0.1) is 11.8 Å². The zero-order chi connectivity index (χ0) is 13.7. The van der Waals surface area contributed by atoms with Gasteiger partial charge in [0, 0.05) is 36.3 Å². The Bertz CT molecular complexity index is 657. The largest absolute Gasteiger partial charge is 0.397 e. The fourth-order valence-corrected chi connectivity index (χ4v) is 3.89. The summed E-state index contributed by atoms with van der Waals surface area (Å²) in [6.07, 6.45) is 3.77. The fourth-order valence-electron chi connectivity index (χ4n) is 3.89. The summed E-state index contributed by atoms with van der Waals surface area (Å²) >= 11 is 0. The van der Waals surface area contributed by atoms with Crippen molar-refractivity contribution in [2.45, 2.75) is 18.9 Å². The molecule has 2 heterocycles. The van der Waals surface area contributed by atoms with E-state index >= 15 is 0 Å². The van der Waals surface area contributed by atoms with Gasteiger partial charge in [-0.1, -0.05) is 0 Å². The fraction of sp³-hybridized carbons (Fsp3) is 0.438. The highest BCUT2D eigenvalue weighted by molar-refractivity contribution is 5.98. The minimum absolute atomic E-state index is 0.122. The van der Waals surface area contributed by atoms with Crippen molar-refractivity contribution in [3.8, 4) is 0 Å². The maximum Gasteiger partial charge on any atom is 0.0951 e. The number of aliphatic hydroxyl groups is 1. The van der Waals surface area contributed by atoms with Crippen LogP contribution in [0.1, 0.15) is 12.8 Å². The topological polar surface area (TPSA) is 62.4 Å². The van der Waals surface area contributed by atoms with E-state index in [0.29, 0.717) is 11.8 Å². The van der Waals surface area contributed by atoms with E-state index < -0.39 is 0 Å². The number of aliphatic hydroxyl groups excluding tert-OH is 1. The van der Waals surface area contributed by atoms with E-state index in [4.69, 9.17) is 5.73 Å². The number of rotatable bonds is 1. The molecule has 3 unspecified atom stereocenters. The molecule has 2 fully saturated rings. The van der Waals surface area contributed by atoms with Crippen LogP contribution in [0.15, 0.2) is 30.5 Å². The Morgan fingerprint density at radius 2 is 2.10 bits per heavy atom. The van der Waals surface area contributed by atoms with Gasteiger partial charge in [-0.25, -0.2) is 0 Å². The zero-order valence-corrected chi connectivity index (χ0v) is 11.4. The van der Waals surface area contributed by atoms with Gasteiger partial charge in [0.2, 0.25) is 0 Å². The quantitative estimate of drug-likeness (QED) is 0.778. The molecule has 4 rings (SSSR count). The van der Waals surface area contributed by atoms with Crippen LogP contribution in [0.3, 0.4) is 0 Å². The van der Waals surface area contributed by atoms with Gasteiger partial charge in [0.15, 0.2) is 0 Å². The molecule has 0 bridgehead atoms. The molecule has 2 aromatic rings. The molecule has 104 valence electrons. The molecule has 0 radical (unpaired) electrons. The molecule has 2 aliphatic rings. The molecule has 1 aliphatic heterocycles. The molecule has 1 aromatic heterocycles. The van der Waals surface area contributed by atoms with Gasteiger partial charge in [-0.15, -0.1) is 0 Å². The average Bonchev–Trinajstić information content (AvgIpc) is 3.02. The minimum atomic E-state index is -0.122. The molecule has 0 spiro atoms. The Morgan fingerprint density at radius 3 is 2.95 bits per heavy atom. The van der Waals surface area contributed by atoms with E-state index in [1.54, 1.807) is 6.20 Å². The lowest BCUT2D eigenvalue weighted by Crippen LogP contribution is -2.24. The molecule has 4 nitrogen and oxygen atoms in total. The second-order valence-corrected chi connectivity index (χ2v) is 6.05. The van der Waals surface area contributed by atoms with Crippen molar-refractivity contribution in [3.63, 3.8) is 0 Å². The summed E-state index contributed by atoms with van der Waals surface area (Å²) in [5, 5.41) is 11.2. The zero-order valence-electron chi connectivity index (χ0n) is 11.4. The van der Waals surface area contributed by atoms with Crippen molar-refractivity contribution >= 4 is 22.3 Å². The lowest BCUT2D eigenvalue weighted by atomic mass is 10.00. The van der Waals surface area contributed by atoms with E-state index in [-0.39, 0.29) is 6.10 Å². The van der Waals surface area contributed by atoms with Crippen LogP contribution in [0.4, 0.5) is 11.4 Å². The smallest absolute Gasteiger partial charge is 0.0951 e. The third kappa shape index (κ3) is 1.68. The number of hydrogen-bond acceptors (Lipinski definition) is 4. The Balaban J connectivity index is 1.75. The minimum Gasteiger partial charge on any atom is -0.397 e. The summed E-state index contributed by atoms with van der Waals surface area (Å²) in [7, 11) is 0. The first-order valence-electron chi connectivity index (χ1n) is 7.30. The number of hydrogen-bond donors (Lipinski definition) is 2. The second kappa shape index (κ2) is 4.35. The molecule has 3 N–H and O–H groups in total. The van der Waals surface area contributed by atoms with Crippen LogP contribution in [-0.2, 0) is 0 Å². The monoisotopic (exact) mass is 269 g/mol. The Labute approximate surface area is 118 Å². The summed E-state index contributed by atoms with van der Waals surface area (Å²) in [6.45, 7) is 1.98. The van der Waals surface area contributed by atoms with E-state index in [1.165, 1.54) is 5.69 Å². The maximum atomic E-state index is 10.1. The van der Waals surface area contributed by atoms with Gasteiger partial charge in [-0.05, 0) is 43.0 Å². The molecule has 20 heavy (non-hydrogen) atoms. The lowest BCUT2D eigenvalue weighted by Gasteiger charge is -2.22. The van der Waals surface area contributed by atoms with Gasteiger partial charge in [0.1, 0.15) is 0 Å². The number of aromatic nitrogens is 1. The number of anilines is 2. The van der Waals surface area contributed by atoms with Crippen molar-refractivity contribution in [1.82, 2.24) is 4.98 Å². The van der Waals surface area contributed by atoms with Crippen molar-refractivity contribution < 1.29 is 5.11 Å². The maximum absolute atomic E-state index is 10.1. The molecule has 1 saturated heterocycles. The number of nitrogens with two attached hydrogens (primary N) is 1. The number of fused-ring (bicyclic) bond motifs is 2. The van der Waals surface area contributed by atoms with Crippen molar-refractivity contribution in [2.24, 2.45) is 11.8 Å². The SMILES string of the molecule is Nc1ccc(N2CC3CCC(O)C3C2)c2cccnc12. The Morgan fingerprint density at radius 1 is 1.20 bits per heavy atom. The predicted molar refractivity (Wildman–Crippen MR) is 80.6 cm³/mol. The van der Waals surface area contributed by atoms with Crippen LogP contribution in [-0.4, -0.2) is 29.3 Å². The van der Waals surface area contributed by atoms with E-state index in [1.807, 2.05) is 12.1 Å². The van der Waals surface area contributed by atoms with E-state index in [2.05, 4.69) is 22.0 Å². The molecule has 1 aromatic carbocycles. The summed E-state index contributed by atoms with van der Waals surface area (Å²) in [5.41, 5.74) is 8.82. The number of nitrogen functional groups attached to an aromatic ring is 1. The molecular formula is C16H19N3O. The third-order valence-electron chi connectivity index (χ3n) is 4.94. The normalized spacial score (nSPS) is 29.1. The predicted octanol–water partition coefficient (Wildman–Crippen LogP) is 2.02. The van der Waals surface area contributed by atoms with Crippen LogP contribution in [0.2, 0.25) is 0 Å². The number of benzene rings is 1. The summed E-state index contributed by atoms with van der Waals surface area (Å²) < 4.78 is 0. The van der Waals surface area contributed by atoms with Gasteiger partial charge in [-0.3, -0.25) is 4.98 Å². The standard InChI is InChI=1S/C16H19N3O/c17-13-4-5-14(11-2-1-7-18-16(11)13)19-8-10-3-6-15(20)12(10)9-19/h1-2,4-5,7,10,12,15,20H,3,6,8-9,17H2. The Kier molecular flexibility index (Phi) is 2.60. The van der Waals surface area contributed by atoms with Gasteiger partial charge in [-0.2, -0.15) is 0 Å². The number of nitrogens with zero attached hydrogens (tertiary/aromatic N) is 2. The number of pyridine rings is 1. The highest BCUT2D eigenvalue weighted by Gasteiger charge is 2.42. The second-order valence-electron chi connectivity index (χ2n) is 6.05. The summed E-state index contributed by atoms with van der Waals surface area (Å²) in [5.74, 6) is 1.06. The highest BCUT2D eigenvalue weighted by Crippen LogP contribution is 2.41. The molecule has 4 heteroatoms. The van der Waals surface area contributed by atoms with E-state index in [0.717, 1.165) is 42.5 Å². The van der Waals surface area contributed by atoms with Crippen LogP contribution in [0.5, 0.6) is 0 Å². The molecule has 1 saturated carbocycles. The molecule has 1 aliphatic carbocycles. The summed E-state index contributed by atoms with van der Waals surface area (Å²) in [4.78, 5) is 6.79. The van der Waals surface area contributed by atoms with Crippen molar-refractivity contribution in [3.05, 3.63) is 30.5 Å². The van der Waals surface area contributed by atoms with Gasteiger partial charge in [0.25, 0.3) is 0 Å². The first-order valence-corrected chi connectivity index (χ1v) is 7.30. The first kappa shape index (κ1) is 12.0. The molecular weight excluding hydrogens is 250 g/mol. The third-order valence-corrected chi connectivity index (χ3v) is 4.94. The average molecular weight is 269 g/mol. The van der Waals surface area contributed by atoms with Crippen LogP contribution < -0.4 is 10.6 Å². The van der Waals surface area contributed by atoms with Crippen molar-refractivity contribution in [2.75, 3.05) is 23.7 Å². The van der Waals surface area contributed by atoms with Gasteiger partial charge < -0.3 is 15.7 Å². The highest BCUT2D eigenvalue weighted by atomic mass is 16.3. The van der Waals surface area contributed by atoms with Crippen LogP contribution >= 0.6 is 0 Å². The first-order chi connectivity index (χ1) is 9.74. The Hall–Kier alpha value is -1.81. The van der Waals surface area contributed by atoms with Crippen molar-refractivity contribution in [1.29, 1.82) is 0 Å². The van der Waals surface area contributed by atoms with Gasteiger partial charge >= 0.3 is 0 Å².